The summed E-state index contributed by atoms with van der Waals surface area (Å²) in [5, 5.41) is 0. The van der Waals surface area contributed by atoms with Crippen LogP contribution in [0.3, 0.4) is 0 Å². The molecule has 1 heterocycles. The third-order valence-corrected chi connectivity index (χ3v) is 3.58. The molecule has 0 aliphatic carbocycles. The predicted molar refractivity (Wildman–Crippen MR) is 72.1 cm³/mol. The first-order chi connectivity index (χ1) is 10.0. The quantitative estimate of drug-likeness (QED) is 0.611. The number of ketones is 1. The van der Waals surface area contributed by atoms with E-state index in [1.807, 2.05) is 0 Å². The standard InChI is InChI=1S/C15H16FNO4/c1-21-15(20)11-6-8-17(9-7-13(11)18)14(19)10-4-2-3-5-12(10)16/h2-5,11H,6-9H2,1H3. The highest BCUT2D eigenvalue weighted by molar-refractivity contribution is 6.00. The molecule has 1 aliphatic rings. The van der Waals surface area contributed by atoms with Crippen LogP contribution in [0.15, 0.2) is 24.3 Å². The topological polar surface area (TPSA) is 63.7 Å². The van der Waals surface area contributed by atoms with Gasteiger partial charge >= 0.3 is 5.97 Å². The summed E-state index contributed by atoms with van der Waals surface area (Å²) in [6, 6.07) is 5.71. The Balaban J connectivity index is 2.13. The van der Waals surface area contributed by atoms with Gasteiger partial charge in [-0.25, -0.2) is 4.39 Å². The second kappa shape index (κ2) is 6.47. The Morgan fingerprint density at radius 3 is 2.67 bits per heavy atom. The Labute approximate surface area is 121 Å². The summed E-state index contributed by atoms with van der Waals surface area (Å²) in [6.07, 6.45) is 0.270. The van der Waals surface area contributed by atoms with E-state index in [-0.39, 0.29) is 37.3 Å². The van der Waals surface area contributed by atoms with Crippen molar-refractivity contribution in [2.45, 2.75) is 12.8 Å². The maximum atomic E-state index is 13.6. The van der Waals surface area contributed by atoms with Gasteiger partial charge in [0.25, 0.3) is 5.91 Å². The number of hydrogen-bond donors (Lipinski definition) is 0. The molecule has 0 radical (unpaired) electrons. The van der Waals surface area contributed by atoms with Crippen molar-refractivity contribution in [3.05, 3.63) is 35.6 Å². The van der Waals surface area contributed by atoms with E-state index in [9.17, 15) is 18.8 Å². The first-order valence-corrected chi connectivity index (χ1v) is 6.69. The lowest BCUT2D eigenvalue weighted by atomic mass is 10.00. The van der Waals surface area contributed by atoms with E-state index in [1.54, 1.807) is 6.07 Å². The summed E-state index contributed by atoms with van der Waals surface area (Å²) in [7, 11) is 1.22. The molecule has 6 heteroatoms. The number of likely N-dealkylation sites (tertiary alicyclic amines) is 1. The van der Waals surface area contributed by atoms with Crippen molar-refractivity contribution in [1.29, 1.82) is 0 Å². The maximum absolute atomic E-state index is 13.6. The molecule has 1 amide bonds. The third kappa shape index (κ3) is 3.26. The molecule has 1 fully saturated rings. The van der Waals surface area contributed by atoms with E-state index in [0.29, 0.717) is 0 Å². The number of amides is 1. The van der Waals surface area contributed by atoms with Crippen LogP contribution in [0.1, 0.15) is 23.2 Å². The Morgan fingerprint density at radius 1 is 1.29 bits per heavy atom. The van der Waals surface area contributed by atoms with Gasteiger partial charge in [0.1, 0.15) is 17.5 Å². The van der Waals surface area contributed by atoms with Crippen LogP contribution < -0.4 is 0 Å². The summed E-state index contributed by atoms with van der Waals surface area (Å²) in [4.78, 5) is 37.1. The van der Waals surface area contributed by atoms with E-state index in [4.69, 9.17) is 0 Å². The van der Waals surface area contributed by atoms with Crippen LogP contribution in [-0.4, -0.2) is 42.8 Å². The average Bonchev–Trinajstić information content (AvgIpc) is 2.68. The number of nitrogens with zero attached hydrogens (tertiary/aromatic N) is 1. The van der Waals surface area contributed by atoms with Gasteiger partial charge in [-0.1, -0.05) is 12.1 Å². The van der Waals surface area contributed by atoms with Crippen LogP contribution in [0.5, 0.6) is 0 Å². The molecular weight excluding hydrogens is 277 g/mol. The van der Waals surface area contributed by atoms with Gasteiger partial charge in [-0.3, -0.25) is 14.4 Å². The van der Waals surface area contributed by atoms with Gasteiger partial charge in [-0.15, -0.1) is 0 Å². The third-order valence-electron chi connectivity index (χ3n) is 3.58. The highest BCUT2D eigenvalue weighted by Gasteiger charge is 2.32. The average molecular weight is 293 g/mol. The molecule has 1 unspecified atom stereocenters. The number of rotatable bonds is 2. The van der Waals surface area contributed by atoms with E-state index < -0.39 is 23.6 Å². The van der Waals surface area contributed by atoms with Crippen molar-refractivity contribution in [3.8, 4) is 0 Å². The summed E-state index contributed by atoms with van der Waals surface area (Å²) in [5.74, 6) is -2.73. The number of halogens is 1. The van der Waals surface area contributed by atoms with E-state index >= 15 is 0 Å². The van der Waals surface area contributed by atoms with Gasteiger partial charge in [0, 0.05) is 19.5 Å². The van der Waals surface area contributed by atoms with Gasteiger partial charge in [0.2, 0.25) is 0 Å². The molecule has 112 valence electrons. The molecule has 0 bridgehead atoms. The Bertz CT molecular complexity index is 573. The molecule has 1 atom stereocenters. The number of hydrogen-bond acceptors (Lipinski definition) is 4. The van der Waals surface area contributed by atoms with E-state index in [0.717, 1.165) is 0 Å². The Morgan fingerprint density at radius 2 is 2.00 bits per heavy atom. The van der Waals surface area contributed by atoms with Crippen molar-refractivity contribution in [1.82, 2.24) is 4.90 Å². The predicted octanol–water partition coefficient (Wildman–Crippen LogP) is 1.42. The van der Waals surface area contributed by atoms with E-state index in [2.05, 4.69) is 4.74 Å². The highest BCUT2D eigenvalue weighted by Crippen LogP contribution is 2.18. The van der Waals surface area contributed by atoms with Gasteiger partial charge < -0.3 is 9.64 Å². The van der Waals surface area contributed by atoms with Crippen LogP contribution in [-0.2, 0) is 14.3 Å². The largest absolute Gasteiger partial charge is 0.468 e. The summed E-state index contributed by atoms with van der Waals surface area (Å²) < 4.78 is 18.2. The van der Waals surface area contributed by atoms with Crippen LogP contribution in [0, 0.1) is 11.7 Å². The second-order valence-electron chi connectivity index (χ2n) is 4.85. The molecule has 5 nitrogen and oxygen atoms in total. The van der Waals surface area contributed by atoms with Gasteiger partial charge in [0.05, 0.1) is 12.7 Å². The van der Waals surface area contributed by atoms with Crippen molar-refractivity contribution in [2.75, 3.05) is 20.2 Å². The fourth-order valence-electron chi connectivity index (χ4n) is 2.38. The minimum Gasteiger partial charge on any atom is -0.468 e. The van der Waals surface area contributed by atoms with E-state index in [1.165, 1.54) is 30.2 Å². The van der Waals surface area contributed by atoms with Gasteiger partial charge in [-0.05, 0) is 18.6 Å². The molecule has 0 N–H and O–H groups in total. The zero-order chi connectivity index (χ0) is 15.4. The zero-order valence-electron chi connectivity index (χ0n) is 11.7. The molecular formula is C15H16FNO4. The monoisotopic (exact) mass is 293 g/mol. The first-order valence-electron chi connectivity index (χ1n) is 6.69. The normalized spacial score (nSPS) is 19.0. The van der Waals surface area contributed by atoms with Gasteiger partial charge in [-0.2, -0.15) is 0 Å². The molecule has 2 rings (SSSR count). The lowest BCUT2D eigenvalue weighted by Crippen LogP contribution is -2.32. The molecule has 1 aromatic carbocycles. The number of carbonyl (C=O) groups excluding carboxylic acids is 3. The molecule has 0 spiro atoms. The SMILES string of the molecule is COC(=O)C1CCN(C(=O)c2ccccc2F)CCC1=O. The minimum atomic E-state index is -0.839. The molecule has 1 aromatic rings. The molecule has 1 aliphatic heterocycles. The Kier molecular flexibility index (Phi) is 4.67. The van der Waals surface area contributed by atoms with Crippen molar-refractivity contribution in [3.63, 3.8) is 0 Å². The van der Waals surface area contributed by atoms with Crippen LogP contribution in [0.25, 0.3) is 0 Å². The number of carbonyl (C=O) groups is 3. The van der Waals surface area contributed by atoms with Crippen LogP contribution in [0.2, 0.25) is 0 Å². The fraction of sp³-hybridized carbons (Fsp3) is 0.400. The van der Waals surface area contributed by atoms with Crippen LogP contribution >= 0.6 is 0 Å². The zero-order valence-corrected chi connectivity index (χ0v) is 11.7. The first kappa shape index (κ1) is 15.2. The highest BCUT2D eigenvalue weighted by atomic mass is 19.1. The van der Waals surface area contributed by atoms with Gasteiger partial charge in [0.15, 0.2) is 0 Å². The second-order valence-corrected chi connectivity index (χ2v) is 4.85. The lowest BCUT2D eigenvalue weighted by molar-refractivity contribution is -0.149. The number of Topliss-reactive ketones (excluding diaryl/α,β-unsaturated/α-hetero) is 1. The van der Waals surface area contributed by atoms with Crippen molar-refractivity contribution in [2.24, 2.45) is 5.92 Å². The smallest absolute Gasteiger partial charge is 0.316 e. The fourth-order valence-corrected chi connectivity index (χ4v) is 2.38. The maximum Gasteiger partial charge on any atom is 0.316 e. The molecule has 21 heavy (non-hydrogen) atoms. The molecule has 0 aromatic heterocycles. The summed E-state index contributed by atoms with van der Waals surface area (Å²) in [6.45, 7) is 0.401. The van der Waals surface area contributed by atoms with Crippen molar-refractivity contribution >= 4 is 17.7 Å². The molecule has 1 saturated heterocycles. The van der Waals surface area contributed by atoms with Crippen LogP contribution in [0.4, 0.5) is 4.39 Å². The summed E-state index contributed by atoms with van der Waals surface area (Å²) >= 11 is 0. The molecule has 0 saturated carbocycles. The number of ether oxygens (including phenoxy) is 1. The summed E-state index contributed by atoms with van der Waals surface area (Å²) in [5.41, 5.74) is -0.0264. The number of methoxy groups -OCH3 is 1. The number of esters is 1. The van der Waals surface area contributed by atoms with Crippen molar-refractivity contribution < 1.29 is 23.5 Å². The number of benzene rings is 1. The lowest BCUT2D eigenvalue weighted by Gasteiger charge is -2.20. The minimum absolute atomic E-state index is 0.0264. The Hall–Kier alpha value is -2.24.